The number of ether oxygens (including phenoxy) is 1. The SMILES string of the molecule is CC(C)OC(=O)CCNC(=O)c1ccccc1-n1cnnn1. The van der Waals surface area contributed by atoms with Crippen molar-refractivity contribution in [3.63, 3.8) is 0 Å². The van der Waals surface area contributed by atoms with Crippen molar-refractivity contribution in [2.75, 3.05) is 6.54 Å². The highest BCUT2D eigenvalue weighted by Gasteiger charge is 2.13. The second kappa shape index (κ2) is 7.30. The first-order valence-corrected chi connectivity index (χ1v) is 6.88. The number of amides is 1. The molecule has 1 heterocycles. The van der Waals surface area contributed by atoms with Crippen LogP contribution in [0.25, 0.3) is 5.69 Å². The normalized spacial score (nSPS) is 10.5. The van der Waals surface area contributed by atoms with Gasteiger partial charge in [-0.1, -0.05) is 12.1 Å². The first kappa shape index (κ1) is 15.6. The Morgan fingerprint density at radius 3 is 2.77 bits per heavy atom. The molecule has 1 aromatic heterocycles. The van der Waals surface area contributed by atoms with E-state index in [0.29, 0.717) is 11.3 Å². The molecular formula is C14H17N5O3. The van der Waals surface area contributed by atoms with E-state index >= 15 is 0 Å². The second-order valence-electron chi connectivity index (χ2n) is 4.82. The van der Waals surface area contributed by atoms with E-state index in [2.05, 4.69) is 20.8 Å². The fourth-order valence-corrected chi connectivity index (χ4v) is 1.83. The number of aromatic nitrogens is 4. The lowest BCUT2D eigenvalue weighted by Crippen LogP contribution is -2.28. The van der Waals surface area contributed by atoms with Crippen LogP contribution in [0.15, 0.2) is 30.6 Å². The molecule has 2 aromatic rings. The van der Waals surface area contributed by atoms with Gasteiger partial charge >= 0.3 is 5.97 Å². The molecule has 116 valence electrons. The Labute approximate surface area is 127 Å². The molecule has 0 aliphatic carbocycles. The lowest BCUT2D eigenvalue weighted by atomic mass is 10.1. The minimum Gasteiger partial charge on any atom is -0.463 e. The highest BCUT2D eigenvalue weighted by atomic mass is 16.5. The fourth-order valence-electron chi connectivity index (χ4n) is 1.83. The van der Waals surface area contributed by atoms with Crippen LogP contribution in [0.1, 0.15) is 30.6 Å². The Morgan fingerprint density at radius 1 is 1.32 bits per heavy atom. The zero-order chi connectivity index (χ0) is 15.9. The van der Waals surface area contributed by atoms with Gasteiger partial charge in [0.05, 0.1) is 23.8 Å². The van der Waals surface area contributed by atoms with E-state index in [9.17, 15) is 9.59 Å². The smallest absolute Gasteiger partial charge is 0.307 e. The van der Waals surface area contributed by atoms with Crippen LogP contribution in [0.4, 0.5) is 0 Å². The molecule has 0 saturated carbocycles. The number of hydrogen-bond acceptors (Lipinski definition) is 6. The maximum absolute atomic E-state index is 12.2. The predicted octanol–water partition coefficient (Wildman–Crippen LogP) is 0.734. The van der Waals surface area contributed by atoms with Crippen LogP contribution in [0.5, 0.6) is 0 Å². The van der Waals surface area contributed by atoms with E-state index in [4.69, 9.17) is 4.74 Å². The van der Waals surface area contributed by atoms with Crippen LogP contribution in [-0.2, 0) is 9.53 Å². The van der Waals surface area contributed by atoms with Gasteiger partial charge in [0.2, 0.25) is 0 Å². The first-order valence-electron chi connectivity index (χ1n) is 6.88. The van der Waals surface area contributed by atoms with Crippen molar-refractivity contribution >= 4 is 11.9 Å². The van der Waals surface area contributed by atoms with Gasteiger partial charge in [-0.05, 0) is 36.4 Å². The van der Waals surface area contributed by atoms with Crippen LogP contribution in [0.3, 0.4) is 0 Å². The summed E-state index contributed by atoms with van der Waals surface area (Å²) in [6.07, 6.45) is 1.37. The molecule has 0 saturated heterocycles. The summed E-state index contributed by atoms with van der Waals surface area (Å²) in [5, 5.41) is 13.6. The van der Waals surface area contributed by atoms with Crippen molar-refractivity contribution in [1.82, 2.24) is 25.5 Å². The quantitative estimate of drug-likeness (QED) is 0.790. The molecule has 0 radical (unpaired) electrons. The summed E-state index contributed by atoms with van der Waals surface area (Å²) in [4.78, 5) is 23.6. The highest BCUT2D eigenvalue weighted by Crippen LogP contribution is 2.12. The fraction of sp³-hybridized carbons (Fsp3) is 0.357. The molecule has 0 fully saturated rings. The third-order valence-corrected chi connectivity index (χ3v) is 2.73. The zero-order valence-electron chi connectivity index (χ0n) is 12.4. The number of esters is 1. The van der Waals surface area contributed by atoms with Crippen molar-refractivity contribution in [3.05, 3.63) is 36.2 Å². The van der Waals surface area contributed by atoms with Gasteiger partial charge in [-0.3, -0.25) is 9.59 Å². The molecule has 1 aromatic carbocycles. The van der Waals surface area contributed by atoms with Gasteiger partial charge in [-0.25, -0.2) is 0 Å². The minimum atomic E-state index is -0.343. The summed E-state index contributed by atoms with van der Waals surface area (Å²) in [5.74, 6) is -0.646. The number of nitrogens with one attached hydrogen (secondary N) is 1. The van der Waals surface area contributed by atoms with Crippen molar-refractivity contribution in [2.45, 2.75) is 26.4 Å². The second-order valence-corrected chi connectivity index (χ2v) is 4.82. The number of nitrogens with zero attached hydrogens (tertiary/aromatic N) is 4. The number of carbonyl (C=O) groups is 2. The Bertz CT molecular complexity index is 640. The van der Waals surface area contributed by atoms with E-state index < -0.39 is 0 Å². The Balaban J connectivity index is 1.98. The third-order valence-electron chi connectivity index (χ3n) is 2.73. The monoisotopic (exact) mass is 303 g/mol. The summed E-state index contributed by atoms with van der Waals surface area (Å²) in [6, 6.07) is 6.93. The van der Waals surface area contributed by atoms with Gasteiger partial charge in [0.15, 0.2) is 0 Å². The molecule has 0 atom stereocenters. The van der Waals surface area contributed by atoms with Gasteiger partial charge < -0.3 is 10.1 Å². The first-order chi connectivity index (χ1) is 10.6. The summed E-state index contributed by atoms with van der Waals surface area (Å²) in [7, 11) is 0. The van der Waals surface area contributed by atoms with E-state index in [-0.39, 0.29) is 30.9 Å². The molecule has 0 aliphatic rings. The van der Waals surface area contributed by atoms with Crippen molar-refractivity contribution in [3.8, 4) is 5.69 Å². The van der Waals surface area contributed by atoms with Crippen molar-refractivity contribution < 1.29 is 14.3 Å². The molecule has 22 heavy (non-hydrogen) atoms. The van der Waals surface area contributed by atoms with Crippen LogP contribution >= 0.6 is 0 Å². The maximum Gasteiger partial charge on any atom is 0.307 e. The largest absolute Gasteiger partial charge is 0.463 e. The Kier molecular flexibility index (Phi) is 5.18. The lowest BCUT2D eigenvalue weighted by Gasteiger charge is -2.10. The third kappa shape index (κ3) is 4.11. The molecular weight excluding hydrogens is 286 g/mol. The number of hydrogen-bond donors (Lipinski definition) is 1. The maximum atomic E-state index is 12.2. The van der Waals surface area contributed by atoms with Gasteiger partial charge in [-0.2, -0.15) is 4.68 Å². The summed E-state index contributed by atoms with van der Waals surface area (Å²) < 4.78 is 6.40. The number of rotatable bonds is 6. The molecule has 2 rings (SSSR count). The molecule has 1 amide bonds. The van der Waals surface area contributed by atoms with Crippen LogP contribution in [0, 0.1) is 0 Å². The van der Waals surface area contributed by atoms with E-state index in [1.807, 2.05) is 0 Å². The molecule has 0 aliphatic heterocycles. The van der Waals surface area contributed by atoms with E-state index in [0.717, 1.165) is 0 Å². The van der Waals surface area contributed by atoms with Crippen LogP contribution < -0.4 is 5.32 Å². The molecule has 0 unspecified atom stereocenters. The standard InChI is InChI=1S/C14H17N5O3/c1-10(2)22-13(20)7-8-15-14(21)11-5-3-4-6-12(11)19-9-16-17-18-19/h3-6,9-10H,7-8H2,1-2H3,(H,15,21). The molecule has 8 heteroatoms. The van der Waals surface area contributed by atoms with E-state index in [1.54, 1.807) is 38.1 Å². The van der Waals surface area contributed by atoms with Crippen molar-refractivity contribution in [1.29, 1.82) is 0 Å². The number of carbonyl (C=O) groups excluding carboxylic acids is 2. The number of para-hydroxylation sites is 1. The Morgan fingerprint density at radius 2 is 2.09 bits per heavy atom. The minimum absolute atomic E-state index is 0.122. The van der Waals surface area contributed by atoms with Gasteiger partial charge in [0.25, 0.3) is 5.91 Å². The molecule has 0 bridgehead atoms. The highest BCUT2D eigenvalue weighted by molar-refractivity contribution is 5.97. The molecule has 0 spiro atoms. The average Bonchev–Trinajstić information content (AvgIpc) is 3.00. The molecule has 1 N–H and O–H groups in total. The van der Waals surface area contributed by atoms with Gasteiger partial charge in [0.1, 0.15) is 6.33 Å². The average molecular weight is 303 g/mol. The summed E-state index contributed by atoms with van der Waals surface area (Å²) >= 11 is 0. The molecule has 8 nitrogen and oxygen atoms in total. The number of tetrazole rings is 1. The van der Waals surface area contributed by atoms with Crippen LogP contribution in [0.2, 0.25) is 0 Å². The number of benzene rings is 1. The summed E-state index contributed by atoms with van der Waals surface area (Å²) in [6.45, 7) is 3.76. The van der Waals surface area contributed by atoms with Crippen LogP contribution in [-0.4, -0.2) is 44.7 Å². The van der Waals surface area contributed by atoms with Gasteiger partial charge in [0, 0.05) is 6.54 Å². The van der Waals surface area contributed by atoms with E-state index in [1.165, 1.54) is 11.0 Å². The lowest BCUT2D eigenvalue weighted by molar-refractivity contribution is -0.147. The van der Waals surface area contributed by atoms with Crippen molar-refractivity contribution in [2.24, 2.45) is 0 Å². The zero-order valence-corrected chi connectivity index (χ0v) is 12.4. The predicted molar refractivity (Wildman–Crippen MR) is 77.3 cm³/mol. The summed E-state index contributed by atoms with van der Waals surface area (Å²) in [5.41, 5.74) is 0.988. The Hall–Kier alpha value is -2.77. The topological polar surface area (TPSA) is 99.0 Å². The van der Waals surface area contributed by atoms with Gasteiger partial charge in [-0.15, -0.1) is 5.10 Å².